The van der Waals surface area contributed by atoms with Crippen molar-refractivity contribution in [2.45, 2.75) is 6.18 Å². The number of phenols is 1. The lowest BCUT2D eigenvalue weighted by molar-refractivity contribution is -0.137. The Balaban J connectivity index is 2.21. The minimum absolute atomic E-state index is 0.103. The number of halogens is 3. The first-order chi connectivity index (χ1) is 11.9. The highest BCUT2D eigenvalue weighted by Gasteiger charge is 2.31. The molecule has 1 N–H and O–H groups in total. The molecule has 0 saturated carbocycles. The normalized spacial score (nSPS) is 12.2. The molecule has 0 amide bonds. The van der Waals surface area contributed by atoms with E-state index >= 15 is 0 Å². The molecule has 0 aliphatic rings. The van der Waals surface area contributed by atoms with Crippen molar-refractivity contribution in [3.05, 3.63) is 95.3 Å². The lowest BCUT2D eigenvalue weighted by Crippen LogP contribution is -2.05. The highest BCUT2D eigenvalue weighted by atomic mass is 19.4. The van der Waals surface area contributed by atoms with Crippen LogP contribution < -0.4 is 0 Å². The second-order valence-electron chi connectivity index (χ2n) is 5.41. The summed E-state index contributed by atoms with van der Waals surface area (Å²) in [5.41, 5.74) is 1.01. The molecule has 3 aromatic rings. The van der Waals surface area contributed by atoms with E-state index in [0.29, 0.717) is 16.8 Å². The Labute approximate surface area is 142 Å². The Bertz CT molecular complexity index is 888. The van der Waals surface area contributed by atoms with Crippen LogP contribution in [0.2, 0.25) is 0 Å². The van der Waals surface area contributed by atoms with Crippen LogP contribution in [0.4, 0.5) is 13.2 Å². The van der Waals surface area contributed by atoms with E-state index in [1.165, 1.54) is 0 Å². The molecule has 0 unspecified atom stereocenters. The van der Waals surface area contributed by atoms with Crippen molar-refractivity contribution in [2.24, 2.45) is 0 Å². The van der Waals surface area contributed by atoms with Gasteiger partial charge in [0.05, 0.1) is 11.3 Å². The second-order valence-corrected chi connectivity index (χ2v) is 5.41. The average molecular weight is 341 g/mol. The van der Waals surface area contributed by atoms with E-state index in [2.05, 4.69) is 4.98 Å². The van der Waals surface area contributed by atoms with Gasteiger partial charge in [-0.2, -0.15) is 13.2 Å². The van der Waals surface area contributed by atoms with Gasteiger partial charge < -0.3 is 5.11 Å². The zero-order valence-corrected chi connectivity index (χ0v) is 13.0. The highest BCUT2D eigenvalue weighted by Crippen LogP contribution is 2.37. The molecule has 5 heteroatoms. The first-order valence-corrected chi connectivity index (χ1v) is 7.54. The molecule has 0 aliphatic heterocycles. The predicted molar refractivity (Wildman–Crippen MR) is 90.8 cm³/mol. The van der Waals surface area contributed by atoms with Crippen LogP contribution in [0, 0.1) is 0 Å². The van der Waals surface area contributed by atoms with Crippen molar-refractivity contribution in [1.29, 1.82) is 0 Å². The second kappa shape index (κ2) is 6.81. The molecular weight excluding hydrogens is 327 g/mol. The lowest BCUT2D eigenvalue weighted by atomic mass is 9.94. The van der Waals surface area contributed by atoms with Crippen LogP contribution in [-0.2, 0) is 6.18 Å². The van der Waals surface area contributed by atoms with Crippen LogP contribution in [0.5, 0.6) is 5.75 Å². The van der Waals surface area contributed by atoms with Gasteiger partial charge in [0.25, 0.3) is 0 Å². The zero-order chi connectivity index (χ0) is 17.9. The van der Waals surface area contributed by atoms with Crippen LogP contribution in [-0.4, -0.2) is 10.1 Å². The number of hydrogen-bond acceptors (Lipinski definition) is 2. The number of alkyl halides is 3. The molecule has 0 atom stereocenters. The van der Waals surface area contributed by atoms with E-state index in [9.17, 15) is 18.3 Å². The Morgan fingerprint density at radius 2 is 1.64 bits per heavy atom. The summed E-state index contributed by atoms with van der Waals surface area (Å²) < 4.78 is 39.2. The zero-order valence-electron chi connectivity index (χ0n) is 13.0. The van der Waals surface area contributed by atoms with Crippen LogP contribution in [0.3, 0.4) is 0 Å². The largest absolute Gasteiger partial charge is 0.507 e. The molecule has 0 spiro atoms. The molecule has 1 heterocycles. The summed E-state index contributed by atoms with van der Waals surface area (Å²) in [5.74, 6) is -0.223. The molecule has 0 fully saturated rings. The topological polar surface area (TPSA) is 33.1 Å². The first-order valence-electron chi connectivity index (χ1n) is 7.54. The van der Waals surface area contributed by atoms with Gasteiger partial charge in [-0.25, -0.2) is 0 Å². The van der Waals surface area contributed by atoms with Gasteiger partial charge in [0.15, 0.2) is 0 Å². The van der Waals surface area contributed by atoms with E-state index in [1.54, 1.807) is 54.7 Å². The van der Waals surface area contributed by atoms with E-state index < -0.39 is 11.7 Å². The van der Waals surface area contributed by atoms with E-state index in [1.807, 2.05) is 6.07 Å². The van der Waals surface area contributed by atoms with E-state index in [4.69, 9.17) is 0 Å². The number of aromatic nitrogens is 1. The smallest absolute Gasteiger partial charge is 0.416 e. The highest BCUT2D eigenvalue weighted by molar-refractivity contribution is 5.92. The maximum atomic E-state index is 13.1. The lowest BCUT2D eigenvalue weighted by Gasteiger charge is -2.14. The van der Waals surface area contributed by atoms with Crippen molar-refractivity contribution in [3.63, 3.8) is 0 Å². The Kier molecular flexibility index (Phi) is 4.57. The number of rotatable bonds is 3. The van der Waals surface area contributed by atoms with Gasteiger partial charge in [0.2, 0.25) is 0 Å². The molecule has 2 aromatic carbocycles. The number of aromatic hydroxyl groups is 1. The van der Waals surface area contributed by atoms with Gasteiger partial charge in [-0.1, -0.05) is 36.4 Å². The molecule has 0 radical (unpaired) electrons. The summed E-state index contributed by atoms with van der Waals surface area (Å²) in [7, 11) is 0. The molecule has 1 aromatic heterocycles. The summed E-state index contributed by atoms with van der Waals surface area (Å²) >= 11 is 0. The number of pyridine rings is 1. The van der Waals surface area contributed by atoms with Crippen LogP contribution in [0.15, 0.2) is 72.9 Å². The summed E-state index contributed by atoms with van der Waals surface area (Å²) in [5, 5.41) is 10.2. The third kappa shape index (κ3) is 3.88. The molecule has 25 heavy (non-hydrogen) atoms. The van der Waals surface area contributed by atoms with Crippen LogP contribution in [0.25, 0.3) is 11.6 Å². The van der Waals surface area contributed by atoms with Crippen molar-refractivity contribution < 1.29 is 18.3 Å². The molecular formula is C20H14F3NO. The number of benzene rings is 2. The predicted octanol–water partition coefficient (Wildman–Crippen LogP) is 5.39. The monoisotopic (exact) mass is 341 g/mol. The quantitative estimate of drug-likeness (QED) is 0.692. The van der Waals surface area contributed by atoms with E-state index in [0.717, 1.165) is 18.2 Å². The van der Waals surface area contributed by atoms with Crippen LogP contribution >= 0.6 is 0 Å². The van der Waals surface area contributed by atoms with Gasteiger partial charge >= 0.3 is 6.18 Å². The fourth-order valence-corrected chi connectivity index (χ4v) is 2.47. The molecule has 126 valence electrons. The van der Waals surface area contributed by atoms with Crippen molar-refractivity contribution in [3.8, 4) is 5.75 Å². The fourth-order valence-electron chi connectivity index (χ4n) is 2.47. The van der Waals surface area contributed by atoms with Gasteiger partial charge in [-0.05, 0) is 47.5 Å². The third-order valence-corrected chi connectivity index (χ3v) is 3.68. The minimum atomic E-state index is -4.49. The molecule has 0 saturated heterocycles. The Morgan fingerprint density at radius 3 is 2.28 bits per heavy atom. The number of phenolic OH excluding ortho intramolecular Hbond substituents is 1. The van der Waals surface area contributed by atoms with Gasteiger partial charge in [0, 0.05) is 11.8 Å². The molecule has 3 rings (SSSR count). The van der Waals surface area contributed by atoms with E-state index in [-0.39, 0.29) is 11.3 Å². The summed E-state index contributed by atoms with van der Waals surface area (Å²) in [6.45, 7) is 0. The summed E-state index contributed by atoms with van der Waals surface area (Å²) in [6.07, 6.45) is -1.24. The summed E-state index contributed by atoms with van der Waals surface area (Å²) in [4.78, 5) is 4.19. The minimum Gasteiger partial charge on any atom is -0.507 e. The first kappa shape index (κ1) is 16.8. The third-order valence-electron chi connectivity index (χ3n) is 3.68. The van der Waals surface area contributed by atoms with Crippen LogP contribution in [0.1, 0.15) is 22.4 Å². The Hall–Kier alpha value is -3.08. The molecule has 0 aliphatic carbocycles. The SMILES string of the molecule is Oc1ccc(C(F)(F)F)cc1/C(=C/c1ccccn1)c1ccccc1. The molecule has 0 bridgehead atoms. The number of hydrogen-bond donors (Lipinski definition) is 1. The maximum absolute atomic E-state index is 13.1. The van der Waals surface area contributed by atoms with Crippen molar-refractivity contribution >= 4 is 11.6 Å². The Morgan fingerprint density at radius 1 is 0.920 bits per heavy atom. The summed E-state index contributed by atoms with van der Waals surface area (Å²) in [6, 6.07) is 17.1. The number of nitrogens with zero attached hydrogens (tertiary/aromatic N) is 1. The van der Waals surface area contributed by atoms with Gasteiger partial charge in [0.1, 0.15) is 5.75 Å². The fraction of sp³-hybridized carbons (Fsp3) is 0.0500. The van der Waals surface area contributed by atoms with Crippen molar-refractivity contribution in [1.82, 2.24) is 4.98 Å². The standard InChI is InChI=1S/C20H14F3NO/c21-20(22,23)15-9-10-19(25)18(12-15)17(14-6-2-1-3-7-14)13-16-8-4-5-11-24-16/h1-13,25H/b17-13+. The molecule has 2 nitrogen and oxygen atoms in total. The van der Waals surface area contributed by atoms with Crippen molar-refractivity contribution in [2.75, 3.05) is 0 Å². The van der Waals surface area contributed by atoms with Gasteiger partial charge in [-0.3, -0.25) is 4.98 Å². The maximum Gasteiger partial charge on any atom is 0.416 e. The average Bonchev–Trinajstić information content (AvgIpc) is 2.61. The van der Waals surface area contributed by atoms with Gasteiger partial charge in [-0.15, -0.1) is 0 Å².